The molecule has 106 valence electrons. The molecule has 0 saturated heterocycles. The molecule has 1 rings (SSSR count). The zero-order valence-corrected chi connectivity index (χ0v) is 11.0. The Morgan fingerprint density at radius 1 is 1.32 bits per heavy atom. The lowest BCUT2D eigenvalue weighted by atomic mass is 10.1. The minimum atomic E-state index is -4.48. The number of para-hydroxylation sites is 1. The van der Waals surface area contributed by atoms with Crippen LogP contribution < -0.4 is 11.1 Å². The Bertz CT molecular complexity index is 424. The lowest BCUT2D eigenvalue weighted by molar-refractivity contribution is -0.137. The van der Waals surface area contributed by atoms with E-state index in [0.717, 1.165) is 12.5 Å². The Morgan fingerprint density at radius 2 is 2.00 bits per heavy atom. The van der Waals surface area contributed by atoms with Crippen molar-refractivity contribution in [3.63, 3.8) is 0 Å². The number of amides is 1. The third-order valence-corrected chi connectivity index (χ3v) is 3.28. The molecule has 1 aromatic rings. The van der Waals surface area contributed by atoms with Crippen molar-refractivity contribution in [2.45, 2.75) is 12.6 Å². The summed E-state index contributed by atoms with van der Waals surface area (Å²) in [6.07, 6.45) is -3.70. The van der Waals surface area contributed by atoms with E-state index >= 15 is 0 Å². The highest BCUT2D eigenvalue weighted by atomic mass is 32.2. The number of hydrogen-bond acceptors (Lipinski definition) is 3. The third-order valence-electron chi connectivity index (χ3n) is 2.23. The highest BCUT2D eigenvalue weighted by molar-refractivity contribution is 7.99. The van der Waals surface area contributed by atoms with Crippen molar-refractivity contribution in [3.05, 3.63) is 29.8 Å². The van der Waals surface area contributed by atoms with Gasteiger partial charge < -0.3 is 11.1 Å². The van der Waals surface area contributed by atoms with Gasteiger partial charge in [-0.3, -0.25) is 4.79 Å². The number of alkyl halides is 3. The first-order chi connectivity index (χ1) is 8.95. The summed E-state index contributed by atoms with van der Waals surface area (Å²) < 4.78 is 38.0. The van der Waals surface area contributed by atoms with Crippen LogP contribution in [0.4, 0.5) is 18.9 Å². The minimum Gasteiger partial charge on any atom is -0.330 e. The number of nitrogens with two attached hydrogens (primary N) is 1. The summed E-state index contributed by atoms with van der Waals surface area (Å²) in [5, 5.41) is 2.28. The molecule has 3 N–H and O–H groups in total. The maximum atomic E-state index is 12.7. The summed E-state index contributed by atoms with van der Waals surface area (Å²) in [4.78, 5) is 11.5. The highest BCUT2D eigenvalue weighted by Crippen LogP contribution is 2.34. The summed E-state index contributed by atoms with van der Waals surface area (Å²) in [5.74, 6) is 0.385. The van der Waals surface area contributed by atoms with Gasteiger partial charge in [0.1, 0.15) is 0 Å². The molecule has 1 aromatic carbocycles. The van der Waals surface area contributed by atoms with Gasteiger partial charge in [0.15, 0.2) is 0 Å². The molecular weight excluding hydrogens is 277 g/mol. The normalized spacial score (nSPS) is 11.4. The number of thioether (sulfide) groups is 1. The number of halogens is 3. The smallest absolute Gasteiger partial charge is 0.330 e. The summed E-state index contributed by atoms with van der Waals surface area (Å²) >= 11 is 1.35. The lowest BCUT2D eigenvalue weighted by Gasteiger charge is -2.13. The topological polar surface area (TPSA) is 55.1 Å². The Hall–Kier alpha value is -1.21. The second-order valence-electron chi connectivity index (χ2n) is 3.79. The van der Waals surface area contributed by atoms with Crippen molar-refractivity contribution in [3.8, 4) is 0 Å². The number of hydrogen-bond donors (Lipinski definition) is 2. The standard InChI is InChI=1S/C12H15F3N2OS/c13-12(14,15)9-4-1-2-5-10(9)17-11(18)8-19-7-3-6-16/h1-2,4-5H,3,6-8,16H2,(H,17,18). The van der Waals surface area contributed by atoms with Crippen LogP contribution >= 0.6 is 11.8 Å². The first-order valence-electron chi connectivity index (χ1n) is 5.69. The predicted molar refractivity (Wildman–Crippen MR) is 71.1 cm³/mol. The molecule has 19 heavy (non-hydrogen) atoms. The Balaban J connectivity index is 2.59. The maximum absolute atomic E-state index is 12.7. The molecule has 0 fully saturated rings. The zero-order valence-electron chi connectivity index (χ0n) is 10.2. The van der Waals surface area contributed by atoms with Crippen LogP contribution in [0.15, 0.2) is 24.3 Å². The number of rotatable bonds is 6. The van der Waals surface area contributed by atoms with Crippen LogP contribution in [0.1, 0.15) is 12.0 Å². The first-order valence-corrected chi connectivity index (χ1v) is 6.84. The molecule has 0 aliphatic rings. The van der Waals surface area contributed by atoms with Crippen LogP contribution in [0.25, 0.3) is 0 Å². The number of anilines is 1. The second-order valence-corrected chi connectivity index (χ2v) is 4.89. The maximum Gasteiger partial charge on any atom is 0.418 e. The van der Waals surface area contributed by atoms with E-state index in [1.54, 1.807) is 0 Å². The lowest BCUT2D eigenvalue weighted by Crippen LogP contribution is -2.18. The SMILES string of the molecule is NCCCSCC(=O)Nc1ccccc1C(F)(F)F. The van der Waals surface area contributed by atoms with Gasteiger partial charge >= 0.3 is 6.18 Å². The minimum absolute atomic E-state index is 0.117. The third kappa shape index (κ3) is 5.52. The van der Waals surface area contributed by atoms with Gasteiger partial charge in [-0.05, 0) is 30.9 Å². The van der Waals surface area contributed by atoms with Gasteiger partial charge in [0.25, 0.3) is 0 Å². The summed E-state index contributed by atoms with van der Waals surface area (Å²) in [5.41, 5.74) is 4.25. The molecule has 1 amide bonds. The van der Waals surface area contributed by atoms with Gasteiger partial charge in [-0.15, -0.1) is 0 Å². The molecule has 7 heteroatoms. The van der Waals surface area contributed by atoms with Crippen molar-refractivity contribution in [2.24, 2.45) is 5.73 Å². The zero-order chi connectivity index (χ0) is 14.3. The Labute approximate surface area is 113 Å². The van der Waals surface area contributed by atoms with Crippen LogP contribution in [-0.4, -0.2) is 24.0 Å². The molecule has 3 nitrogen and oxygen atoms in total. The van der Waals surface area contributed by atoms with Gasteiger partial charge in [-0.2, -0.15) is 24.9 Å². The van der Waals surface area contributed by atoms with E-state index < -0.39 is 17.6 Å². The Kier molecular flexibility index (Phi) is 6.17. The van der Waals surface area contributed by atoms with E-state index in [0.29, 0.717) is 12.3 Å². The molecule has 0 atom stereocenters. The van der Waals surface area contributed by atoms with E-state index in [4.69, 9.17) is 5.73 Å². The predicted octanol–water partition coefficient (Wildman–Crippen LogP) is 2.73. The molecule has 0 aliphatic carbocycles. The monoisotopic (exact) mass is 292 g/mol. The summed E-state index contributed by atoms with van der Waals surface area (Å²) in [6, 6.07) is 4.92. The fraction of sp³-hybridized carbons (Fsp3) is 0.417. The second kappa shape index (κ2) is 7.40. The number of carbonyl (C=O) groups excluding carboxylic acids is 1. The van der Waals surface area contributed by atoms with Gasteiger partial charge in [0.2, 0.25) is 5.91 Å². The quantitative estimate of drug-likeness (QED) is 0.793. The van der Waals surface area contributed by atoms with Gasteiger partial charge in [0, 0.05) is 0 Å². The molecule has 0 unspecified atom stereocenters. The largest absolute Gasteiger partial charge is 0.418 e. The summed E-state index contributed by atoms with van der Waals surface area (Å²) in [7, 11) is 0. The van der Waals surface area contributed by atoms with Crippen molar-refractivity contribution in [1.82, 2.24) is 0 Å². The van der Waals surface area contributed by atoms with E-state index in [-0.39, 0.29) is 11.4 Å². The molecule has 0 aliphatic heterocycles. The first kappa shape index (κ1) is 15.8. The average molecular weight is 292 g/mol. The van der Waals surface area contributed by atoms with Crippen LogP contribution in [0.5, 0.6) is 0 Å². The van der Waals surface area contributed by atoms with Gasteiger partial charge in [-0.25, -0.2) is 0 Å². The van der Waals surface area contributed by atoms with E-state index in [1.165, 1.54) is 30.0 Å². The van der Waals surface area contributed by atoms with E-state index in [9.17, 15) is 18.0 Å². The average Bonchev–Trinajstić information content (AvgIpc) is 2.34. The number of carbonyl (C=O) groups is 1. The van der Waals surface area contributed by atoms with Crippen LogP contribution in [-0.2, 0) is 11.0 Å². The number of nitrogens with one attached hydrogen (secondary N) is 1. The molecule has 0 radical (unpaired) electrons. The van der Waals surface area contributed by atoms with Crippen molar-refractivity contribution >= 4 is 23.4 Å². The molecular formula is C12H15F3N2OS. The fourth-order valence-corrected chi connectivity index (χ4v) is 2.15. The van der Waals surface area contributed by atoms with Crippen LogP contribution in [0.2, 0.25) is 0 Å². The molecule has 0 saturated carbocycles. The Morgan fingerprint density at radius 3 is 2.63 bits per heavy atom. The van der Waals surface area contributed by atoms with Crippen LogP contribution in [0, 0.1) is 0 Å². The van der Waals surface area contributed by atoms with E-state index in [1.807, 2.05) is 0 Å². The van der Waals surface area contributed by atoms with E-state index in [2.05, 4.69) is 5.32 Å². The van der Waals surface area contributed by atoms with Crippen molar-refractivity contribution < 1.29 is 18.0 Å². The molecule has 0 spiro atoms. The van der Waals surface area contributed by atoms with Crippen molar-refractivity contribution in [2.75, 3.05) is 23.4 Å². The highest BCUT2D eigenvalue weighted by Gasteiger charge is 2.33. The fourth-order valence-electron chi connectivity index (χ4n) is 1.38. The van der Waals surface area contributed by atoms with Gasteiger partial charge in [-0.1, -0.05) is 12.1 Å². The molecule has 0 bridgehead atoms. The van der Waals surface area contributed by atoms with Crippen LogP contribution in [0.3, 0.4) is 0 Å². The molecule has 0 aromatic heterocycles. The number of benzene rings is 1. The van der Waals surface area contributed by atoms with Crippen molar-refractivity contribution in [1.29, 1.82) is 0 Å². The van der Waals surface area contributed by atoms with Gasteiger partial charge in [0.05, 0.1) is 17.0 Å². The molecule has 0 heterocycles. The summed E-state index contributed by atoms with van der Waals surface area (Å²) in [6.45, 7) is 0.533.